The number of anilines is 1. The highest BCUT2D eigenvalue weighted by molar-refractivity contribution is 6.07. The third kappa shape index (κ3) is 4.20. The number of amides is 1. The molecule has 3 nitrogen and oxygen atoms in total. The Morgan fingerprint density at radius 2 is 2.17 bits per heavy atom. The summed E-state index contributed by atoms with van der Waals surface area (Å²) in [6.45, 7) is 7.51. The summed E-state index contributed by atoms with van der Waals surface area (Å²) in [5.74, 6) is -0.265. The van der Waals surface area contributed by atoms with Crippen molar-refractivity contribution in [3.05, 3.63) is 65.5 Å². The standard InChI is InChI=1S/C20H21FN2O/c1-4-17(11-8-14(2)12-22)20(24)23(13-16-9-10-16)18-7-5-6-15(3)19(18)21/h4-8,11,16H,1,9-10,13H2,2-3H3/b14-8+,17-11+. The molecule has 0 aliphatic heterocycles. The van der Waals surface area contributed by atoms with Crippen LogP contribution in [0.5, 0.6) is 0 Å². The van der Waals surface area contributed by atoms with Gasteiger partial charge in [0.2, 0.25) is 0 Å². The normalized spacial score (nSPS) is 14.9. The van der Waals surface area contributed by atoms with E-state index in [0.717, 1.165) is 12.8 Å². The Hall–Kier alpha value is -2.67. The molecular weight excluding hydrogens is 303 g/mol. The summed E-state index contributed by atoms with van der Waals surface area (Å²) < 4.78 is 14.5. The average molecular weight is 324 g/mol. The number of hydrogen-bond acceptors (Lipinski definition) is 2. The molecule has 0 N–H and O–H groups in total. The molecule has 124 valence electrons. The van der Waals surface area contributed by atoms with E-state index < -0.39 is 0 Å². The smallest absolute Gasteiger partial charge is 0.258 e. The van der Waals surface area contributed by atoms with Gasteiger partial charge in [-0.3, -0.25) is 4.79 Å². The van der Waals surface area contributed by atoms with E-state index >= 15 is 0 Å². The zero-order chi connectivity index (χ0) is 17.7. The fourth-order valence-electron chi connectivity index (χ4n) is 2.32. The highest BCUT2D eigenvalue weighted by Gasteiger charge is 2.30. The van der Waals surface area contributed by atoms with Crippen molar-refractivity contribution in [3.63, 3.8) is 0 Å². The Morgan fingerprint density at radius 1 is 1.46 bits per heavy atom. The number of benzene rings is 1. The van der Waals surface area contributed by atoms with Crippen LogP contribution in [0.4, 0.5) is 10.1 Å². The van der Waals surface area contributed by atoms with Crippen LogP contribution in [0.2, 0.25) is 0 Å². The molecule has 0 aromatic heterocycles. The van der Waals surface area contributed by atoms with Crippen molar-refractivity contribution < 1.29 is 9.18 Å². The lowest BCUT2D eigenvalue weighted by Gasteiger charge is -2.24. The molecule has 1 aromatic rings. The van der Waals surface area contributed by atoms with E-state index in [0.29, 0.717) is 34.9 Å². The van der Waals surface area contributed by atoms with Gasteiger partial charge in [0.05, 0.1) is 11.8 Å². The molecule has 0 spiro atoms. The number of carbonyl (C=O) groups excluding carboxylic acids is 1. The topological polar surface area (TPSA) is 44.1 Å². The van der Waals surface area contributed by atoms with Gasteiger partial charge in [0.15, 0.2) is 0 Å². The number of nitrogens with zero attached hydrogens (tertiary/aromatic N) is 2. The molecule has 0 saturated heterocycles. The Kier molecular flexibility index (Phi) is 5.70. The molecule has 1 saturated carbocycles. The predicted octanol–water partition coefficient (Wildman–Crippen LogP) is 4.46. The van der Waals surface area contributed by atoms with Gasteiger partial charge in [-0.05, 0) is 56.4 Å². The van der Waals surface area contributed by atoms with Crippen molar-refractivity contribution in [2.75, 3.05) is 11.4 Å². The maximum absolute atomic E-state index is 14.5. The van der Waals surface area contributed by atoms with Gasteiger partial charge in [0, 0.05) is 17.7 Å². The molecular formula is C20H21FN2O. The summed E-state index contributed by atoms with van der Waals surface area (Å²) in [4.78, 5) is 14.4. The van der Waals surface area contributed by atoms with Crippen LogP contribution in [0.1, 0.15) is 25.3 Å². The maximum atomic E-state index is 14.5. The van der Waals surface area contributed by atoms with Gasteiger partial charge in [-0.25, -0.2) is 4.39 Å². The highest BCUT2D eigenvalue weighted by Crippen LogP contribution is 2.33. The summed E-state index contributed by atoms with van der Waals surface area (Å²) in [5.41, 5.74) is 1.62. The minimum Gasteiger partial charge on any atom is -0.305 e. The number of rotatable bonds is 6. The van der Waals surface area contributed by atoms with Crippen LogP contribution in [0.25, 0.3) is 0 Å². The van der Waals surface area contributed by atoms with E-state index in [9.17, 15) is 9.18 Å². The molecule has 0 radical (unpaired) electrons. The van der Waals surface area contributed by atoms with E-state index in [1.54, 1.807) is 44.2 Å². The quantitative estimate of drug-likeness (QED) is 0.440. The van der Waals surface area contributed by atoms with Crippen LogP contribution in [-0.2, 0) is 4.79 Å². The largest absolute Gasteiger partial charge is 0.305 e. The van der Waals surface area contributed by atoms with E-state index in [2.05, 4.69) is 6.58 Å². The van der Waals surface area contributed by atoms with Crippen molar-refractivity contribution in [2.24, 2.45) is 5.92 Å². The molecule has 1 aliphatic carbocycles. The minimum atomic E-state index is -0.376. The predicted molar refractivity (Wildman–Crippen MR) is 93.9 cm³/mol. The van der Waals surface area contributed by atoms with Gasteiger partial charge in [0.25, 0.3) is 5.91 Å². The van der Waals surface area contributed by atoms with Crippen molar-refractivity contribution >= 4 is 11.6 Å². The molecule has 0 unspecified atom stereocenters. The minimum absolute atomic E-state index is 0.292. The molecule has 1 fully saturated rings. The Labute approximate surface area is 142 Å². The number of allylic oxidation sites excluding steroid dienone is 3. The van der Waals surface area contributed by atoms with Gasteiger partial charge in [-0.2, -0.15) is 5.26 Å². The lowest BCUT2D eigenvalue weighted by molar-refractivity contribution is -0.114. The first-order valence-electron chi connectivity index (χ1n) is 7.96. The Bertz CT molecular complexity index is 751. The van der Waals surface area contributed by atoms with Gasteiger partial charge in [-0.15, -0.1) is 0 Å². The lowest BCUT2D eigenvalue weighted by Crippen LogP contribution is -2.34. The number of nitriles is 1. The first-order chi connectivity index (χ1) is 11.5. The number of carbonyl (C=O) groups is 1. The second kappa shape index (κ2) is 7.74. The van der Waals surface area contributed by atoms with Crippen LogP contribution >= 0.6 is 0 Å². The third-order valence-electron chi connectivity index (χ3n) is 4.00. The van der Waals surface area contributed by atoms with Crippen LogP contribution in [0, 0.1) is 30.0 Å². The van der Waals surface area contributed by atoms with E-state index in [-0.39, 0.29) is 11.7 Å². The number of hydrogen-bond donors (Lipinski definition) is 0. The van der Waals surface area contributed by atoms with E-state index in [1.807, 2.05) is 6.07 Å². The van der Waals surface area contributed by atoms with Crippen molar-refractivity contribution in [3.8, 4) is 6.07 Å². The van der Waals surface area contributed by atoms with Crippen LogP contribution < -0.4 is 4.90 Å². The van der Waals surface area contributed by atoms with Gasteiger partial charge in [-0.1, -0.05) is 24.8 Å². The summed E-state index contributed by atoms with van der Waals surface area (Å²) in [6, 6.07) is 7.06. The fourth-order valence-corrected chi connectivity index (χ4v) is 2.32. The maximum Gasteiger partial charge on any atom is 0.258 e. The zero-order valence-electron chi connectivity index (χ0n) is 14.1. The van der Waals surface area contributed by atoms with Gasteiger partial charge in [0.1, 0.15) is 5.82 Å². The molecule has 0 heterocycles. The molecule has 24 heavy (non-hydrogen) atoms. The Balaban J connectivity index is 2.39. The summed E-state index contributed by atoms with van der Waals surface area (Å²) in [5, 5.41) is 8.82. The fraction of sp³-hybridized carbons (Fsp3) is 0.300. The van der Waals surface area contributed by atoms with Crippen molar-refractivity contribution in [1.82, 2.24) is 0 Å². The van der Waals surface area contributed by atoms with E-state index in [1.165, 1.54) is 11.0 Å². The van der Waals surface area contributed by atoms with Crippen molar-refractivity contribution in [1.29, 1.82) is 5.26 Å². The second-order valence-corrected chi connectivity index (χ2v) is 6.05. The van der Waals surface area contributed by atoms with Gasteiger partial charge < -0.3 is 4.90 Å². The summed E-state index contributed by atoms with van der Waals surface area (Å²) in [6.07, 6.45) is 6.67. The van der Waals surface area contributed by atoms with Crippen LogP contribution in [0.15, 0.2) is 54.2 Å². The monoisotopic (exact) mass is 324 g/mol. The first kappa shape index (κ1) is 17.7. The molecule has 1 aliphatic rings. The van der Waals surface area contributed by atoms with E-state index in [4.69, 9.17) is 5.26 Å². The molecule has 4 heteroatoms. The molecule has 1 amide bonds. The lowest BCUT2D eigenvalue weighted by atomic mass is 10.1. The average Bonchev–Trinajstić information content (AvgIpc) is 3.39. The SMILES string of the molecule is C=C/C(=C\C=C(/C)C#N)C(=O)N(CC1CC1)c1cccc(C)c1F. The summed E-state index contributed by atoms with van der Waals surface area (Å²) >= 11 is 0. The zero-order valence-corrected chi connectivity index (χ0v) is 14.1. The Morgan fingerprint density at radius 3 is 2.75 bits per heavy atom. The van der Waals surface area contributed by atoms with Gasteiger partial charge >= 0.3 is 0 Å². The van der Waals surface area contributed by atoms with Crippen LogP contribution in [-0.4, -0.2) is 12.5 Å². The molecule has 2 rings (SSSR count). The summed E-state index contributed by atoms with van der Waals surface area (Å²) in [7, 11) is 0. The van der Waals surface area contributed by atoms with Crippen molar-refractivity contribution in [2.45, 2.75) is 26.7 Å². The molecule has 1 aromatic carbocycles. The number of aryl methyl sites for hydroxylation is 1. The third-order valence-corrected chi connectivity index (χ3v) is 4.00. The molecule has 0 bridgehead atoms. The second-order valence-electron chi connectivity index (χ2n) is 6.05. The number of halogens is 1. The van der Waals surface area contributed by atoms with Crippen LogP contribution in [0.3, 0.4) is 0 Å². The molecule has 0 atom stereocenters. The highest BCUT2D eigenvalue weighted by atomic mass is 19.1. The first-order valence-corrected chi connectivity index (χ1v) is 7.96.